The van der Waals surface area contributed by atoms with Gasteiger partial charge in [0.15, 0.2) is 0 Å². The maximum atomic E-state index is 11.3. The Morgan fingerprint density at radius 1 is 1.15 bits per heavy atom. The van der Waals surface area contributed by atoms with Gasteiger partial charge in [-0.15, -0.1) is 4.91 Å². The number of hydrogen-bond donors (Lipinski definition) is 3. The molecule has 154 valence electrons. The lowest BCUT2D eigenvalue weighted by molar-refractivity contribution is -0.118. The summed E-state index contributed by atoms with van der Waals surface area (Å²) in [6, 6.07) is 0. The number of carbonyl (C=O) groups is 1. The number of aliphatic hydroxyl groups excluding tert-OH is 1. The summed E-state index contributed by atoms with van der Waals surface area (Å²) in [6.45, 7) is 13.0. The molecule has 0 saturated carbocycles. The molecule has 27 heavy (non-hydrogen) atoms. The number of hydrogen-bond acceptors (Lipinski definition) is 8. The van der Waals surface area contributed by atoms with E-state index in [9.17, 15) is 14.8 Å². The van der Waals surface area contributed by atoms with Crippen molar-refractivity contribution in [2.45, 2.75) is 13.3 Å². The molecular formula is C18H33N5O3S. The number of nitroso groups, excluding NO2 is 1. The Bertz CT molecular complexity index is 499. The van der Waals surface area contributed by atoms with Gasteiger partial charge in [0.1, 0.15) is 5.76 Å². The quantitative estimate of drug-likeness (QED) is 0.221. The molecule has 0 bridgehead atoms. The lowest BCUT2D eigenvalue weighted by atomic mass is 10.3. The van der Waals surface area contributed by atoms with Crippen LogP contribution in [0.1, 0.15) is 13.3 Å². The Morgan fingerprint density at radius 3 is 2.22 bits per heavy atom. The molecule has 1 amide bonds. The Labute approximate surface area is 167 Å². The monoisotopic (exact) mass is 399 g/mol. The fraction of sp³-hybridized carbons (Fsp3) is 0.722. The maximum absolute atomic E-state index is 11.3. The van der Waals surface area contributed by atoms with E-state index in [0.29, 0.717) is 31.1 Å². The summed E-state index contributed by atoms with van der Waals surface area (Å²) in [5.74, 6) is 0.513. The highest BCUT2D eigenvalue weighted by molar-refractivity contribution is 7.81. The third-order valence-corrected chi connectivity index (χ3v) is 4.86. The van der Waals surface area contributed by atoms with Crippen molar-refractivity contribution >= 4 is 18.5 Å². The van der Waals surface area contributed by atoms with E-state index in [1.54, 1.807) is 6.08 Å². The topological polar surface area (TPSA) is 88.5 Å². The average Bonchev–Trinajstić information content (AvgIpc) is 2.76. The zero-order valence-electron chi connectivity index (χ0n) is 16.3. The number of amides is 1. The lowest BCUT2D eigenvalue weighted by Crippen LogP contribution is -2.38. The maximum Gasteiger partial charge on any atom is 0.229 e. The molecule has 0 aliphatic carbocycles. The Balaban J connectivity index is 2.62. The van der Waals surface area contributed by atoms with Crippen LogP contribution in [0.4, 0.5) is 0 Å². The first kappa shape index (κ1) is 23.6. The van der Waals surface area contributed by atoms with Crippen LogP contribution in [-0.4, -0.2) is 96.9 Å². The van der Waals surface area contributed by atoms with Gasteiger partial charge in [0.05, 0.1) is 18.0 Å². The number of rotatable bonds is 10. The third kappa shape index (κ3) is 10.5. The highest BCUT2D eigenvalue weighted by atomic mass is 32.1. The summed E-state index contributed by atoms with van der Waals surface area (Å²) in [5.41, 5.74) is 0.332. The summed E-state index contributed by atoms with van der Waals surface area (Å²) in [7, 11) is 0. The number of thiol groups is 1. The molecule has 0 aromatic rings. The van der Waals surface area contributed by atoms with Crippen molar-refractivity contribution < 1.29 is 9.90 Å². The van der Waals surface area contributed by atoms with Gasteiger partial charge in [-0.05, 0) is 31.1 Å². The first-order chi connectivity index (χ1) is 13.0. The van der Waals surface area contributed by atoms with Crippen LogP contribution in [0, 0.1) is 4.91 Å². The normalized spacial score (nSPS) is 18.4. The highest BCUT2D eigenvalue weighted by Crippen LogP contribution is 2.06. The Kier molecular flexibility index (Phi) is 12.0. The van der Waals surface area contributed by atoms with E-state index in [1.807, 2.05) is 6.92 Å². The second-order valence-electron chi connectivity index (χ2n) is 6.69. The molecule has 0 atom stereocenters. The number of aliphatic hydroxyl groups is 1. The van der Waals surface area contributed by atoms with Crippen LogP contribution in [0.2, 0.25) is 0 Å². The van der Waals surface area contributed by atoms with Crippen LogP contribution in [0.5, 0.6) is 0 Å². The van der Waals surface area contributed by atoms with Gasteiger partial charge in [-0.3, -0.25) is 14.6 Å². The molecule has 2 N–H and O–H groups in total. The molecule has 8 nitrogen and oxygen atoms in total. The second-order valence-corrected chi connectivity index (χ2v) is 7.01. The predicted molar refractivity (Wildman–Crippen MR) is 112 cm³/mol. The third-order valence-electron chi connectivity index (χ3n) is 4.57. The molecule has 0 unspecified atom stereocenters. The fourth-order valence-electron chi connectivity index (χ4n) is 2.92. The van der Waals surface area contributed by atoms with Gasteiger partial charge in [-0.25, -0.2) is 0 Å². The van der Waals surface area contributed by atoms with Crippen molar-refractivity contribution in [2.75, 3.05) is 71.2 Å². The minimum absolute atomic E-state index is 0.0538. The van der Waals surface area contributed by atoms with E-state index < -0.39 is 0 Å². The van der Waals surface area contributed by atoms with Gasteiger partial charge in [0.25, 0.3) is 0 Å². The number of allylic oxidation sites excluding steroid dienone is 1. The minimum atomic E-state index is -0.0538. The number of nitrogens with zero attached hydrogens (tertiary/aromatic N) is 4. The first-order valence-electron chi connectivity index (χ1n) is 9.38. The molecule has 9 heteroatoms. The standard InChI is InChI=1S/C18H33N5O3S/c1-3-17(24)14-23-10-8-21(6-4-5-19-18(25)15-27)7-9-22(11-12-23)13-16(2)20-26/h3,24,27H,2,4-15H2,1H3,(H,19,25). The molecule has 1 aliphatic rings. The van der Waals surface area contributed by atoms with E-state index >= 15 is 0 Å². The van der Waals surface area contributed by atoms with Gasteiger partial charge in [0.2, 0.25) is 5.91 Å². The van der Waals surface area contributed by atoms with Gasteiger partial charge < -0.3 is 15.3 Å². The van der Waals surface area contributed by atoms with Crippen molar-refractivity contribution in [3.05, 3.63) is 29.0 Å². The number of nitrogens with one attached hydrogen (secondary N) is 1. The molecule has 0 aromatic carbocycles. The number of carbonyl (C=O) groups excluding carboxylic acids is 1. The smallest absolute Gasteiger partial charge is 0.229 e. The van der Waals surface area contributed by atoms with Crippen molar-refractivity contribution in [3.8, 4) is 0 Å². The largest absolute Gasteiger partial charge is 0.511 e. The van der Waals surface area contributed by atoms with Crippen LogP contribution in [0.3, 0.4) is 0 Å². The minimum Gasteiger partial charge on any atom is -0.511 e. The van der Waals surface area contributed by atoms with E-state index in [0.717, 1.165) is 52.2 Å². The van der Waals surface area contributed by atoms with E-state index in [4.69, 9.17) is 0 Å². The van der Waals surface area contributed by atoms with Crippen LogP contribution in [-0.2, 0) is 4.79 Å². The summed E-state index contributed by atoms with van der Waals surface area (Å²) in [5, 5.41) is 15.7. The van der Waals surface area contributed by atoms with E-state index in [-0.39, 0.29) is 11.7 Å². The zero-order valence-corrected chi connectivity index (χ0v) is 17.2. The molecule has 1 fully saturated rings. The van der Waals surface area contributed by atoms with Crippen LogP contribution in [0.15, 0.2) is 29.3 Å². The Morgan fingerprint density at radius 2 is 1.70 bits per heavy atom. The summed E-state index contributed by atoms with van der Waals surface area (Å²) in [4.78, 5) is 28.7. The highest BCUT2D eigenvalue weighted by Gasteiger charge is 2.17. The average molecular weight is 400 g/mol. The van der Waals surface area contributed by atoms with E-state index in [1.165, 1.54) is 0 Å². The molecule has 1 aliphatic heterocycles. The van der Waals surface area contributed by atoms with Crippen molar-refractivity contribution in [1.82, 2.24) is 20.0 Å². The van der Waals surface area contributed by atoms with E-state index in [2.05, 4.69) is 44.4 Å². The van der Waals surface area contributed by atoms with Gasteiger partial charge >= 0.3 is 0 Å². The van der Waals surface area contributed by atoms with Gasteiger partial charge in [0, 0.05) is 52.4 Å². The zero-order chi connectivity index (χ0) is 20.1. The molecule has 1 saturated heterocycles. The lowest BCUT2D eigenvalue weighted by Gasteiger charge is -2.25. The SMILES string of the molecule is C=C(CN1CCN(CCCNC(=O)CS)CCN(CC(O)=CC)CC1)N=O. The molecule has 0 radical (unpaired) electrons. The molecular weight excluding hydrogens is 366 g/mol. The summed E-state index contributed by atoms with van der Waals surface area (Å²) < 4.78 is 0. The van der Waals surface area contributed by atoms with Crippen molar-refractivity contribution in [1.29, 1.82) is 0 Å². The molecule has 1 heterocycles. The van der Waals surface area contributed by atoms with Gasteiger partial charge in [-0.2, -0.15) is 12.6 Å². The fourth-order valence-corrected chi connectivity index (χ4v) is 3.03. The van der Waals surface area contributed by atoms with Crippen LogP contribution < -0.4 is 5.32 Å². The van der Waals surface area contributed by atoms with Crippen LogP contribution in [0.25, 0.3) is 0 Å². The molecule has 0 aromatic heterocycles. The summed E-state index contributed by atoms with van der Waals surface area (Å²) in [6.07, 6.45) is 2.58. The first-order valence-corrected chi connectivity index (χ1v) is 10.0. The molecule has 1 rings (SSSR count). The van der Waals surface area contributed by atoms with Gasteiger partial charge in [-0.1, -0.05) is 6.58 Å². The molecule has 0 spiro atoms. The van der Waals surface area contributed by atoms with Crippen molar-refractivity contribution in [2.24, 2.45) is 5.18 Å². The van der Waals surface area contributed by atoms with Crippen molar-refractivity contribution in [3.63, 3.8) is 0 Å². The summed E-state index contributed by atoms with van der Waals surface area (Å²) >= 11 is 3.95. The predicted octanol–water partition coefficient (Wildman–Crippen LogP) is 1.08. The Hall–Kier alpha value is -1.42. The second kappa shape index (κ2) is 13.7. The van der Waals surface area contributed by atoms with Crippen LogP contribution >= 0.6 is 12.6 Å².